The average molecular weight is 507 g/mol. The highest BCUT2D eigenvalue weighted by atomic mass is 16.7. The first-order chi connectivity index (χ1) is 17.9. The lowest BCUT2D eigenvalue weighted by Crippen LogP contribution is -2.36. The first kappa shape index (κ1) is 25.6. The third-order valence-electron chi connectivity index (χ3n) is 7.99. The molecule has 0 amide bonds. The van der Waals surface area contributed by atoms with Crippen LogP contribution in [-0.2, 0) is 19.8 Å². The van der Waals surface area contributed by atoms with Gasteiger partial charge in [-0.2, -0.15) is 5.10 Å². The van der Waals surface area contributed by atoms with Crippen molar-refractivity contribution in [3.63, 3.8) is 0 Å². The molecule has 0 spiro atoms. The number of ether oxygens (including phenoxy) is 3. The first-order valence-corrected chi connectivity index (χ1v) is 13.6. The molecule has 1 heterocycles. The quantitative estimate of drug-likeness (QED) is 0.450. The van der Waals surface area contributed by atoms with E-state index in [0.29, 0.717) is 31.4 Å². The number of aliphatic hydroxyl groups is 1. The number of methoxy groups -OCH3 is 1. The van der Waals surface area contributed by atoms with E-state index >= 15 is 0 Å². The van der Waals surface area contributed by atoms with E-state index in [1.165, 1.54) is 12.0 Å². The molecule has 7 heteroatoms. The SMILES string of the molecule is COC1=CCC(n2nc(C3(O)CCC(OC(=O)OC4CCCCC4)CC3)cc2-c2ccc(C)cc2)C=C1. The predicted molar refractivity (Wildman–Crippen MR) is 141 cm³/mol. The number of hydrogen-bond acceptors (Lipinski definition) is 6. The number of carbonyl (C=O) groups is 1. The van der Waals surface area contributed by atoms with Gasteiger partial charge in [-0.3, -0.25) is 4.68 Å². The monoisotopic (exact) mass is 506 g/mol. The highest BCUT2D eigenvalue weighted by molar-refractivity contribution is 5.62. The third kappa shape index (κ3) is 5.93. The van der Waals surface area contributed by atoms with Crippen molar-refractivity contribution in [2.45, 2.75) is 95.0 Å². The summed E-state index contributed by atoms with van der Waals surface area (Å²) in [5.41, 5.74) is 2.83. The Hall–Kier alpha value is -3.06. The number of hydrogen-bond donors (Lipinski definition) is 1. The summed E-state index contributed by atoms with van der Waals surface area (Å²) >= 11 is 0. The number of carbonyl (C=O) groups excluding carboxylic acids is 1. The summed E-state index contributed by atoms with van der Waals surface area (Å²) in [6.07, 6.45) is 13.4. The van der Waals surface area contributed by atoms with E-state index in [-0.39, 0.29) is 18.2 Å². The zero-order valence-corrected chi connectivity index (χ0v) is 21.9. The predicted octanol–water partition coefficient (Wildman–Crippen LogP) is 6.51. The van der Waals surface area contributed by atoms with E-state index in [4.69, 9.17) is 19.3 Å². The number of rotatable bonds is 6. The van der Waals surface area contributed by atoms with Crippen molar-refractivity contribution < 1.29 is 24.1 Å². The summed E-state index contributed by atoms with van der Waals surface area (Å²) in [6.45, 7) is 2.07. The highest BCUT2D eigenvalue weighted by Crippen LogP contribution is 2.40. The van der Waals surface area contributed by atoms with Crippen molar-refractivity contribution in [3.8, 4) is 11.3 Å². The van der Waals surface area contributed by atoms with E-state index in [0.717, 1.165) is 49.1 Å². The summed E-state index contributed by atoms with van der Waals surface area (Å²) in [6, 6.07) is 10.4. The molecule has 0 aliphatic heterocycles. The second-order valence-corrected chi connectivity index (χ2v) is 10.7. The minimum atomic E-state index is -1.07. The molecule has 1 aromatic heterocycles. The molecule has 2 saturated carbocycles. The first-order valence-electron chi connectivity index (χ1n) is 13.6. The second kappa shape index (κ2) is 11.1. The van der Waals surface area contributed by atoms with Crippen molar-refractivity contribution >= 4 is 6.16 Å². The number of benzene rings is 1. The fraction of sp³-hybridized carbons (Fsp3) is 0.533. The lowest BCUT2D eigenvalue weighted by atomic mass is 9.81. The molecule has 1 atom stereocenters. The van der Waals surface area contributed by atoms with Gasteiger partial charge in [-0.1, -0.05) is 42.3 Å². The Morgan fingerprint density at radius 1 is 1.03 bits per heavy atom. The third-order valence-corrected chi connectivity index (χ3v) is 7.99. The van der Waals surface area contributed by atoms with E-state index in [1.54, 1.807) is 7.11 Å². The Balaban J connectivity index is 1.29. The van der Waals surface area contributed by atoms with E-state index in [2.05, 4.69) is 43.3 Å². The van der Waals surface area contributed by atoms with Gasteiger partial charge in [-0.05, 0) is 88.5 Å². The second-order valence-electron chi connectivity index (χ2n) is 10.7. The minimum absolute atomic E-state index is 0.0189. The van der Waals surface area contributed by atoms with E-state index < -0.39 is 11.8 Å². The highest BCUT2D eigenvalue weighted by Gasteiger charge is 2.39. The molecule has 0 bridgehead atoms. The summed E-state index contributed by atoms with van der Waals surface area (Å²) in [5, 5.41) is 16.6. The van der Waals surface area contributed by atoms with Crippen LogP contribution in [0.25, 0.3) is 11.3 Å². The van der Waals surface area contributed by atoms with E-state index in [1.807, 2.05) is 16.8 Å². The lowest BCUT2D eigenvalue weighted by Gasteiger charge is -2.34. The van der Waals surface area contributed by atoms with Crippen LogP contribution in [0.3, 0.4) is 0 Å². The average Bonchev–Trinajstić information content (AvgIpc) is 3.38. The molecule has 2 fully saturated rings. The maximum absolute atomic E-state index is 12.3. The standard InChI is InChI=1S/C30H38N2O5/c1-21-8-10-22(11-9-21)27-20-28(31-32(27)23-12-14-24(35-2)15-13-23)30(34)18-16-26(17-19-30)37-29(33)36-25-6-4-3-5-7-25/h8-12,14-15,20,23,25-26,34H,3-7,13,16-19H2,1-2H3. The Bertz CT molecular complexity index is 1140. The van der Waals surface area contributed by atoms with Crippen LogP contribution in [-0.4, -0.2) is 40.4 Å². The summed E-state index contributed by atoms with van der Waals surface area (Å²) in [5.74, 6) is 0.847. The lowest BCUT2D eigenvalue weighted by molar-refractivity contribution is -0.0642. The Morgan fingerprint density at radius 2 is 1.70 bits per heavy atom. The molecule has 0 saturated heterocycles. The van der Waals surface area contributed by atoms with Gasteiger partial charge in [-0.15, -0.1) is 0 Å². The van der Waals surface area contributed by atoms with Crippen molar-refractivity contribution in [1.29, 1.82) is 0 Å². The molecule has 0 radical (unpaired) electrons. The van der Waals surface area contributed by atoms with Crippen LogP contribution in [0.2, 0.25) is 0 Å². The number of aryl methyl sites for hydroxylation is 1. The molecule has 1 unspecified atom stereocenters. The molecule has 3 aliphatic carbocycles. The van der Waals surface area contributed by atoms with Gasteiger partial charge in [0, 0.05) is 0 Å². The summed E-state index contributed by atoms with van der Waals surface area (Å²) in [4.78, 5) is 12.3. The van der Waals surface area contributed by atoms with Crippen molar-refractivity contribution in [2.75, 3.05) is 7.11 Å². The summed E-state index contributed by atoms with van der Waals surface area (Å²) < 4.78 is 18.5. The Kier molecular flexibility index (Phi) is 7.70. The minimum Gasteiger partial charge on any atom is -0.497 e. The summed E-state index contributed by atoms with van der Waals surface area (Å²) in [7, 11) is 1.67. The molecule has 1 aromatic carbocycles. The van der Waals surface area contributed by atoms with Gasteiger partial charge in [-0.25, -0.2) is 4.79 Å². The maximum Gasteiger partial charge on any atom is 0.508 e. The smallest absolute Gasteiger partial charge is 0.497 e. The van der Waals surface area contributed by atoms with Crippen LogP contribution in [0, 0.1) is 6.92 Å². The van der Waals surface area contributed by atoms with Crippen LogP contribution in [0.5, 0.6) is 0 Å². The fourth-order valence-corrected chi connectivity index (χ4v) is 5.66. The number of aromatic nitrogens is 2. The zero-order chi connectivity index (χ0) is 25.8. The van der Waals surface area contributed by atoms with Crippen LogP contribution >= 0.6 is 0 Å². The van der Waals surface area contributed by atoms with Crippen molar-refractivity contribution in [3.05, 3.63) is 65.6 Å². The number of nitrogens with zero attached hydrogens (tertiary/aromatic N) is 2. The van der Waals surface area contributed by atoms with Gasteiger partial charge < -0.3 is 19.3 Å². The Labute approximate surface area is 219 Å². The molecule has 198 valence electrons. The molecule has 37 heavy (non-hydrogen) atoms. The van der Waals surface area contributed by atoms with Gasteiger partial charge in [0.15, 0.2) is 0 Å². The van der Waals surface area contributed by atoms with Gasteiger partial charge >= 0.3 is 6.16 Å². The van der Waals surface area contributed by atoms with Crippen LogP contribution in [0.15, 0.2) is 54.3 Å². The largest absolute Gasteiger partial charge is 0.508 e. The van der Waals surface area contributed by atoms with Gasteiger partial charge in [0.1, 0.15) is 23.6 Å². The molecule has 1 N–H and O–H groups in total. The fourth-order valence-electron chi connectivity index (χ4n) is 5.66. The zero-order valence-electron chi connectivity index (χ0n) is 21.9. The van der Waals surface area contributed by atoms with Gasteiger partial charge in [0.05, 0.1) is 24.5 Å². The molecule has 3 aliphatic rings. The van der Waals surface area contributed by atoms with Crippen LogP contribution < -0.4 is 0 Å². The molecular weight excluding hydrogens is 468 g/mol. The molecule has 5 rings (SSSR count). The van der Waals surface area contributed by atoms with Gasteiger partial charge in [0.2, 0.25) is 0 Å². The Morgan fingerprint density at radius 3 is 2.32 bits per heavy atom. The van der Waals surface area contributed by atoms with Gasteiger partial charge in [0.25, 0.3) is 0 Å². The van der Waals surface area contributed by atoms with Crippen LogP contribution in [0.4, 0.5) is 4.79 Å². The normalized spacial score (nSPS) is 26.4. The molecular formula is C30H38N2O5. The topological polar surface area (TPSA) is 82.8 Å². The maximum atomic E-state index is 12.3. The van der Waals surface area contributed by atoms with Crippen molar-refractivity contribution in [2.24, 2.45) is 0 Å². The molecule has 7 nitrogen and oxygen atoms in total. The van der Waals surface area contributed by atoms with E-state index in [9.17, 15) is 9.90 Å². The number of allylic oxidation sites excluding steroid dienone is 3. The van der Waals surface area contributed by atoms with Crippen LogP contribution in [0.1, 0.15) is 81.5 Å². The van der Waals surface area contributed by atoms with Crippen molar-refractivity contribution in [1.82, 2.24) is 9.78 Å². The molecule has 2 aromatic rings.